The van der Waals surface area contributed by atoms with Gasteiger partial charge in [0.25, 0.3) is 0 Å². The van der Waals surface area contributed by atoms with Gasteiger partial charge in [-0.25, -0.2) is 4.79 Å². The summed E-state index contributed by atoms with van der Waals surface area (Å²) in [7, 11) is 0. The topological polar surface area (TPSA) is 129 Å². The standard InChI is InChI=1S/C14H20N4O4/c1-2-3-4-9(18-14(16)20)13(19)17-10-6-12-11(5-8(10)15)21-7-22-12/h5-6,9H,2-4,7,15H2,1H3,(H,17,19)(H3,16,18,20). The Morgan fingerprint density at radius 1 is 1.32 bits per heavy atom. The molecule has 6 N–H and O–H groups in total. The second-order valence-electron chi connectivity index (χ2n) is 4.99. The highest BCUT2D eigenvalue weighted by Crippen LogP contribution is 2.38. The zero-order valence-electron chi connectivity index (χ0n) is 12.3. The molecule has 120 valence electrons. The van der Waals surface area contributed by atoms with Crippen LogP contribution in [0.25, 0.3) is 0 Å². The van der Waals surface area contributed by atoms with Crippen molar-refractivity contribution >= 4 is 23.3 Å². The van der Waals surface area contributed by atoms with Crippen molar-refractivity contribution in [1.29, 1.82) is 0 Å². The number of fused-ring (bicyclic) bond motifs is 1. The molecule has 0 spiro atoms. The van der Waals surface area contributed by atoms with Crippen molar-refractivity contribution in [3.8, 4) is 11.5 Å². The SMILES string of the molecule is CCCCC(NC(N)=O)C(=O)Nc1cc2c(cc1N)OCO2. The highest BCUT2D eigenvalue weighted by atomic mass is 16.7. The molecule has 1 aliphatic heterocycles. The number of hydrogen-bond acceptors (Lipinski definition) is 5. The molecule has 0 aromatic heterocycles. The second kappa shape index (κ2) is 6.88. The minimum Gasteiger partial charge on any atom is -0.454 e. The zero-order chi connectivity index (χ0) is 16.1. The smallest absolute Gasteiger partial charge is 0.312 e. The number of anilines is 2. The van der Waals surface area contributed by atoms with Gasteiger partial charge in [0.05, 0.1) is 11.4 Å². The molecule has 2 rings (SSSR count). The summed E-state index contributed by atoms with van der Waals surface area (Å²) in [6, 6.07) is 1.73. The highest BCUT2D eigenvalue weighted by molar-refractivity contribution is 5.99. The third-order valence-electron chi connectivity index (χ3n) is 3.28. The Labute approximate surface area is 128 Å². The molecule has 0 bridgehead atoms. The van der Waals surface area contributed by atoms with Crippen LogP contribution in [0, 0.1) is 0 Å². The number of carbonyl (C=O) groups is 2. The van der Waals surface area contributed by atoms with Crippen molar-refractivity contribution < 1.29 is 19.1 Å². The molecule has 0 saturated heterocycles. The lowest BCUT2D eigenvalue weighted by atomic mass is 10.1. The number of nitrogens with two attached hydrogens (primary N) is 2. The summed E-state index contributed by atoms with van der Waals surface area (Å²) < 4.78 is 10.5. The van der Waals surface area contributed by atoms with E-state index in [4.69, 9.17) is 20.9 Å². The average Bonchev–Trinajstić information content (AvgIpc) is 2.90. The zero-order valence-corrected chi connectivity index (χ0v) is 12.3. The summed E-state index contributed by atoms with van der Waals surface area (Å²) in [6.45, 7) is 2.11. The Hall–Kier alpha value is -2.64. The molecule has 0 radical (unpaired) electrons. The van der Waals surface area contributed by atoms with E-state index in [1.165, 1.54) is 0 Å². The van der Waals surface area contributed by atoms with Crippen LogP contribution in [0.15, 0.2) is 12.1 Å². The summed E-state index contributed by atoms with van der Waals surface area (Å²) in [6.07, 6.45) is 2.18. The van der Waals surface area contributed by atoms with E-state index >= 15 is 0 Å². The molecule has 1 heterocycles. The number of rotatable bonds is 6. The summed E-state index contributed by atoms with van der Waals surface area (Å²) in [4.78, 5) is 23.3. The first kappa shape index (κ1) is 15.7. The number of unbranched alkanes of at least 4 members (excludes halogenated alkanes) is 1. The van der Waals surface area contributed by atoms with Gasteiger partial charge in [-0.2, -0.15) is 0 Å². The first-order valence-corrected chi connectivity index (χ1v) is 7.07. The van der Waals surface area contributed by atoms with Crippen LogP contribution in [-0.2, 0) is 4.79 Å². The van der Waals surface area contributed by atoms with Crippen LogP contribution in [-0.4, -0.2) is 24.8 Å². The fraction of sp³-hybridized carbons (Fsp3) is 0.429. The average molecular weight is 308 g/mol. The molecule has 22 heavy (non-hydrogen) atoms. The molecule has 1 aliphatic rings. The molecule has 1 atom stereocenters. The van der Waals surface area contributed by atoms with Gasteiger partial charge in [-0.05, 0) is 6.42 Å². The molecule has 1 aromatic carbocycles. The van der Waals surface area contributed by atoms with Crippen LogP contribution < -0.4 is 31.6 Å². The second-order valence-corrected chi connectivity index (χ2v) is 4.99. The maximum Gasteiger partial charge on any atom is 0.312 e. The number of ether oxygens (including phenoxy) is 2. The van der Waals surface area contributed by atoms with Gasteiger partial charge in [0.15, 0.2) is 11.5 Å². The van der Waals surface area contributed by atoms with Gasteiger partial charge >= 0.3 is 6.03 Å². The van der Waals surface area contributed by atoms with E-state index in [1.54, 1.807) is 12.1 Å². The number of nitrogens with one attached hydrogen (secondary N) is 2. The first-order chi connectivity index (χ1) is 10.5. The Balaban J connectivity index is 2.10. The van der Waals surface area contributed by atoms with E-state index in [2.05, 4.69) is 10.6 Å². The van der Waals surface area contributed by atoms with Crippen molar-refractivity contribution in [2.75, 3.05) is 17.8 Å². The van der Waals surface area contributed by atoms with E-state index in [0.717, 1.165) is 12.8 Å². The monoisotopic (exact) mass is 308 g/mol. The molecule has 0 aliphatic carbocycles. The van der Waals surface area contributed by atoms with Gasteiger partial charge in [-0.3, -0.25) is 4.79 Å². The van der Waals surface area contributed by atoms with Crippen molar-refractivity contribution in [2.45, 2.75) is 32.2 Å². The lowest BCUT2D eigenvalue weighted by Crippen LogP contribution is -2.46. The number of amides is 3. The first-order valence-electron chi connectivity index (χ1n) is 7.07. The molecular weight excluding hydrogens is 288 g/mol. The summed E-state index contributed by atoms with van der Waals surface area (Å²) >= 11 is 0. The Kier molecular flexibility index (Phi) is 4.92. The van der Waals surface area contributed by atoms with Gasteiger partial charge in [0, 0.05) is 12.1 Å². The minimum atomic E-state index is -0.741. The maximum atomic E-state index is 12.3. The fourth-order valence-corrected chi connectivity index (χ4v) is 2.13. The number of benzene rings is 1. The lowest BCUT2D eigenvalue weighted by Gasteiger charge is -2.18. The maximum absolute atomic E-state index is 12.3. The van der Waals surface area contributed by atoms with Crippen molar-refractivity contribution in [3.63, 3.8) is 0 Å². The molecule has 3 amide bonds. The van der Waals surface area contributed by atoms with Crippen LogP contribution in [0.3, 0.4) is 0 Å². The molecule has 0 saturated carbocycles. The van der Waals surface area contributed by atoms with Gasteiger partial charge < -0.3 is 31.6 Å². The van der Waals surface area contributed by atoms with Gasteiger partial charge in [-0.15, -0.1) is 0 Å². The number of primary amides is 1. The van der Waals surface area contributed by atoms with E-state index < -0.39 is 12.1 Å². The van der Waals surface area contributed by atoms with E-state index in [0.29, 0.717) is 29.3 Å². The van der Waals surface area contributed by atoms with E-state index in [-0.39, 0.29) is 12.7 Å². The van der Waals surface area contributed by atoms with Crippen molar-refractivity contribution in [3.05, 3.63) is 12.1 Å². The number of urea groups is 1. The molecular formula is C14H20N4O4. The third kappa shape index (κ3) is 3.72. The van der Waals surface area contributed by atoms with Crippen LogP contribution >= 0.6 is 0 Å². The van der Waals surface area contributed by atoms with Gasteiger partial charge in [0.1, 0.15) is 6.04 Å². The highest BCUT2D eigenvalue weighted by Gasteiger charge is 2.22. The summed E-state index contributed by atoms with van der Waals surface area (Å²) in [5.74, 6) is 0.670. The minimum absolute atomic E-state index is 0.120. The van der Waals surface area contributed by atoms with Crippen LogP contribution in [0.5, 0.6) is 11.5 Å². The Morgan fingerprint density at radius 2 is 2.00 bits per heavy atom. The normalized spacial score (nSPS) is 13.5. The predicted octanol–water partition coefficient (Wildman–Crippen LogP) is 1.16. The molecule has 1 aromatic rings. The van der Waals surface area contributed by atoms with E-state index in [9.17, 15) is 9.59 Å². The van der Waals surface area contributed by atoms with E-state index in [1.807, 2.05) is 6.92 Å². The largest absolute Gasteiger partial charge is 0.454 e. The van der Waals surface area contributed by atoms with Crippen LogP contribution in [0.4, 0.5) is 16.2 Å². The van der Waals surface area contributed by atoms with Gasteiger partial charge in [-0.1, -0.05) is 19.8 Å². The van der Waals surface area contributed by atoms with Crippen LogP contribution in [0.2, 0.25) is 0 Å². The fourth-order valence-electron chi connectivity index (χ4n) is 2.13. The predicted molar refractivity (Wildman–Crippen MR) is 81.6 cm³/mol. The Morgan fingerprint density at radius 3 is 2.64 bits per heavy atom. The molecule has 8 nitrogen and oxygen atoms in total. The summed E-state index contributed by atoms with van der Waals surface area (Å²) in [5.41, 5.74) is 11.7. The number of carbonyl (C=O) groups excluding carboxylic acids is 2. The third-order valence-corrected chi connectivity index (χ3v) is 3.28. The Bertz CT molecular complexity index is 576. The van der Waals surface area contributed by atoms with Crippen molar-refractivity contribution in [1.82, 2.24) is 5.32 Å². The van der Waals surface area contributed by atoms with Crippen molar-refractivity contribution in [2.24, 2.45) is 5.73 Å². The molecule has 8 heteroatoms. The van der Waals surface area contributed by atoms with Crippen LogP contribution in [0.1, 0.15) is 26.2 Å². The number of nitrogen functional groups attached to an aromatic ring is 1. The lowest BCUT2D eigenvalue weighted by molar-refractivity contribution is -0.118. The molecule has 0 fully saturated rings. The molecule has 1 unspecified atom stereocenters. The number of hydrogen-bond donors (Lipinski definition) is 4. The summed E-state index contributed by atoms with van der Waals surface area (Å²) in [5, 5.41) is 5.12. The quantitative estimate of drug-likeness (QED) is 0.586. The van der Waals surface area contributed by atoms with Gasteiger partial charge in [0.2, 0.25) is 12.7 Å².